The zero-order chi connectivity index (χ0) is 16.7. The summed E-state index contributed by atoms with van der Waals surface area (Å²) in [5, 5.41) is 3.03. The fourth-order valence-corrected chi connectivity index (χ4v) is 2.52. The summed E-state index contributed by atoms with van der Waals surface area (Å²) in [6.07, 6.45) is 1.14. The first-order valence-corrected chi connectivity index (χ1v) is 7.66. The van der Waals surface area contributed by atoms with Gasteiger partial charge in [-0.05, 0) is 36.6 Å². The van der Waals surface area contributed by atoms with Gasteiger partial charge in [-0.3, -0.25) is 4.79 Å². The Morgan fingerprint density at radius 1 is 1.00 bits per heavy atom. The van der Waals surface area contributed by atoms with Crippen LogP contribution in [0.3, 0.4) is 0 Å². The Balaban J connectivity index is 1.91. The second-order valence-electron chi connectivity index (χ2n) is 5.52. The Kier molecular flexibility index (Phi) is 6.03. The van der Waals surface area contributed by atoms with E-state index in [2.05, 4.69) is 5.32 Å². The zero-order valence-electron chi connectivity index (χ0n) is 13.8. The van der Waals surface area contributed by atoms with E-state index in [-0.39, 0.29) is 11.9 Å². The molecule has 1 amide bonds. The van der Waals surface area contributed by atoms with E-state index < -0.39 is 0 Å². The van der Waals surface area contributed by atoms with Crippen LogP contribution < -0.4 is 14.8 Å². The number of carbonyl (C=O) groups excluding carboxylic acids is 1. The van der Waals surface area contributed by atoms with Crippen molar-refractivity contribution in [1.82, 2.24) is 5.32 Å². The SMILES string of the molecule is COc1ccc(C[C@H](C)NC(=O)Cc2ccccc2)cc1OC. The predicted molar refractivity (Wildman–Crippen MR) is 91.0 cm³/mol. The van der Waals surface area contributed by atoms with Gasteiger partial charge in [-0.1, -0.05) is 36.4 Å². The summed E-state index contributed by atoms with van der Waals surface area (Å²) in [7, 11) is 3.23. The maximum Gasteiger partial charge on any atom is 0.224 e. The summed E-state index contributed by atoms with van der Waals surface area (Å²) in [5.41, 5.74) is 2.11. The van der Waals surface area contributed by atoms with Crippen LogP contribution in [0.25, 0.3) is 0 Å². The number of hydrogen-bond donors (Lipinski definition) is 1. The maximum atomic E-state index is 12.1. The van der Waals surface area contributed by atoms with E-state index in [4.69, 9.17) is 9.47 Å². The molecule has 4 heteroatoms. The molecule has 0 aromatic heterocycles. The van der Waals surface area contributed by atoms with Crippen LogP contribution in [0.1, 0.15) is 18.1 Å². The Morgan fingerprint density at radius 2 is 1.70 bits per heavy atom. The molecule has 0 heterocycles. The van der Waals surface area contributed by atoms with Gasteiger partial charge in [0, 0.05) is 6.04 Å². The van der Waals surface area contributed by atoms with Crippen LogP contribution >= 0.6 is 0 Å². The van der Waals surface area contributed by atoms with E-state index in [0.717, 1.165) is 17.5 Å². The highest BCUT2D eigenvalue weighted by molar-refractivity contribution is 5.78. The first kappa shape index (κ1) is 16.9. The minimum atomic E-state index is 0.0316. The smallest absolute Gasteiger partial charge is 0.224 e. The quantitative estimate of drug-likeness (QED) is 0.855. The van der Waals surface area contributed by atoms with Gasteiger partial charge < -0.3 is 14.8 Å². The third-order valence-electron chi connectivity index (χ3n) is 3.60. The van der Waals surface area contributed by atoms with E-state index in [1.54, 1.807) is 14.2 Å². The molecule has 0 bridgehead atoms. The minimum Gasteiger partial charge on any atom is -0.493 e. The van der Waals surface area contributed by atoms with Crippen LogP contribution in [-0.4, -0.2) is 26.2 Å². The lowest BCUT2D eigenvalue weighted by atomic mass is 10.1. The van der Waals surface area contributed by atoms with E-state index >= 15 is 0 Å². The van der Waals surface area contributed by atoms with Crippen molar-refractivity contribution in [3.05, 3.63) is 59.7 Å². The minimum absolute atomic E-state index is 0.0316. The lowest BCUT2D eigenvalue weighted by Gasteiger charge is -2.15. The average molecular weight is 313 g/mol. The number of amides is 1. The second kappa shape index (κ2) is 8.22. The van der Waals surface area contributed by atoms with Crippen molar-refractivity contribution in [2.45, 2.75) is 25.8 Å². The van der Waals surface area contributed by atoms with Gasteiger partial charge in [-0.15, -0.1) is 0 Å². The third-order valence-corrected chi connectivity index (χ3v) is 3.60. The molecule has 0 spiro atoms. The van der Waals surface area contributed by atoms with Gasteiger partial charge in [0.15, 0.2) is 11.5 Å². The standard InChI is InChI=1S/C19H23NO3/c1-14(20-19(21)13-15-7-5-4-6-8-15)11-16-9-10-17(22-2)18(12-16)23-3/h4-10,12,14H,11,13H2,1-3H3,(H,20,21)/t14-/m0/s1. The van der Waals surface area contributed by atoms with Gasteiger partial charge in [-0.2, -0.15) is 0 Å². The van der Waals surface area contributed by atoms with E-state index in [1.807, 2.05) is 55.5 Å². The molecule has 0 saturated heterocycles. The molecule has 23 heavy (non-hydrogen) atoms. The Labute approximate surface area is 137 Å². The van der Waals surface area contributed by atoms with Gasteiger partial charge in [0.25, 0.3) is 0 Å². The van der Waals surface area contributed by atoms with Crippen LogP contribution in [0, 0.1) is 0 Å². The van der Waals surface area contributed by atoms with Crippen molar-refractivity contribution in [2.24, 2.45) is 0 Å². The fourth-order valence-electron chi connectivity index (χ4n) is 2.52. The summed E-state index contributed by atoms with van der Waals surface area (Å²) >= 11 is 0. The normalized spacial score (nSPS) is 11.6. The molecular weight excluding hydrogens is 290 g/mol. The van der Waals surface area contributed by atoms with Crippen LogP contribution in [0.4, 0.5) is 0 Å². The number of hydrogen-bond acceptors (Lipinski definition) is 3. The second-order valence-corrected chi connectivity index (χ2v) is 5.52. The summed E-state index contributed by atoms with van der Waals surface area (Å²) < 4.78 is 10.5. The zero-order valence-corrected chi connectivity index (χ0v) is 13.8. The highest BCUT2D eigenvalue weighted by Gasteiger charge is 2.11. The number of benzene rings is 2. The summed E-state index contributed by atoms with van der Waals surface area (Å²) in [6, 6.07) is 15.6. The molecule has 2 aromatic rings. The lowest BCUT2D eigenvalue weighted by Crippen LogP contribution is -2.35. The number of rotatable bonds is 7. The van der Waals surface area contributed by atoms with Crippen molar-refractivity contribution in [3.8, 4) is 11.5 Å². The van der Waals surface area contributed by atoms with Crippen molar-refractivity contribution in [1.29, 1.82) is 0 Å². The van der Waals surface area contributed by atoms with Crippen molar-refractivity contribution < 1.29 is 14.3 Å². The number of carbonyl (C=O) groups is 1. The van der Waals surface area contributed by atoms with Gasteiger partial charge >= 0.3 is 0 Å². The fraction of sp³-hybridized carbons (Fsp3) is 0.316. The molecule has 2 rings (SSSR count). The summed E-state index contributed by atoms with van der Waals surface area (Å²) in [4.78, 5) is 12.1. The summed E-state index contributed by atoms with van der Waals surface area (Å²) in [5.74, 6) is 1.44. The van der Waals surface area contributed by atoms with Crippen LogP contribution in [0.15, 0.2) is 48.5 Å². The summed E-state index contributed by atoms with van der Waals surface area (Å²) in [6.45, 7) is 2.00. The first-order valence-electron chi connectivity index (χ1n) is 7.66. The molecule has 4 nitrogen and oxygen atoms in total. The maximum absolute atomic E-state index is 12.1. The molecule has 2 aromatic carbocycles. The van der Waals surface area contributed by atoms with Gasteiger partial charge in [0.2, 0.25) is 5.91 Å². The monoisotopic (exact) mass is 313 g/mol. The third kappa shape index (κ3) is 5.02. The van der Waals surface area contributed by atoms with E-state index in [1.165, 1.54) is 0 Å². The molecule has 0 aliphatic heterocycles. The highest BCUT2D eigenvalue weighted by Crippen LogP contribution is 2.27. The van der Waals surface area contributed by atoms with Gasteiger partial charge in [0.1, 0.15) is 0 Å². The van der Waals surface area contributed by atoms with Gasteiger partial charge in [0.05, 0.1) is 20.6 Å². The van der Waals surface area contributed by atoms with Crippen LogP contribution in [0.5, 0.6) is 11.5 Å². The lowest BCUT2D eigenvalue weighted by molar-refractivity contribution is -0.121. The van der Waals surface area contributed by atoms with Crippen molar-refractivity contribution in [2.75, 3.05) is 14.2 Å². The Bertz CT molecular complexity index is 640. The molecule has 0 unspecified atom stereocenters. The van der Waals surface area contributed by atoms with Crippen LogP contribution in [-0.2, 0) is 17.6 Å². The van der Waals surface area contributed by atoms with Crippen molar-refractivity contribution in [3.63, 3.8) is 0 Å². The Morgan fingerprint density at radius 3 is 2.35 bits per heavy atom. The number of methoxy groups -OCH3 is 2. The molecule has 0 radical (unpaired) electrons. The number of nitrogens with one attached hydrogen (secondary N) is 1. The van der Waals surface area contributed by atoms with E-state index in [0.29, 0.717) is 17.9 Å². The molecular formula is C19H23NO3. The molecule has 122 valence electrons. The largest absolute Gasteiger partial charge is 0.493 e. The van der Waals surface area contributed by atoms with Crippen molar-refractivity contribution >= 4 is 5.91 Å². The molecule has 0 aliphatic rings. The van der Waals surface area contributed by atoms with Crippen LogP contribution in [0.2, 0.25) is 0 Å². The molecule has 1 N–H and O–H groups in total. The predicted octanol–water partition coefficient (Wildman–Crippen LogP) is 2.99. The van der Waals surface area contributed by atoms with Gasteiger partial charge in [-0.25, -0.2) is 0 Å². The Hall–Kier alpha value is -2.49. The highest BCUT2D eigenvalue weighted by atomic mass is 16.5. The molecule has 0 fully saturated rings. The molecule has 0 aliphatic carbocycles. The molecule has 1 atom stereocenters. The number of ether oxygens (including phenoxy) is 2. The van der Waals surface area contributed by atoms with E-state index in [9.17, 15) is 4.79 Å². The first-order chi connectivity index (χ1) is 11.1. The molecule has 0 saturated carbocycles. The average Bonchev–Trinajstić information content (AvgIpc) is 2.55. The topological polar surface area (TPSA) is 47.6 Å².